The Hall–Kier alpha value is -0.770. The first-order valence-electron chi connectivity index (χ1n) is 7.68. The van der Waals surface area contributed by atoms with E-state index >= 15 is 0 Å². The second-order valence-corrected chi connectivity index (χ2v) is 6.10. The van der Waals surface area contributed by atoms with Gasteiger partial charge in [-0.1, -0.05) is 31.4 Å². The Morgan fingerprint density at radius 3 is 2.50 bits per heavy atom. The SMILES string of the molecule is ClCCNC1OC1Nc1ccc(C2CCCCC2)cc1. The van der Waals surface area contributed by atoms with Gasteiger partial charge in [-0.25, -0.2) is 0 Å². The molecule has 1 aromatic rings. The molecule has 20 heavy (non-hydrogen) atoms. The van der Waals surface area contributed by atoms with Gasteiger partial charge in [0.25, 0.3) is 0 Å². The van der Waals surface area contributed by atoms with Gasteiger partial charge in [0.1, 0.15) is 0 Å². The summed E-state index contributed by atoms with van der Waals surface area (Å²) in [6.45, 7) is 0.783. The lowest BCUT2D eigenvalue weighted by molar-refractivity contribution is 0.356. The predicted molar refractivity (Wildman–Crippen MR) is 83.3 cm³/mol. The molecule has 1 saturated heterocycles. The van der Waals surface area contributed by atoms with E-state index in [1.54, 1.807) is 0 Å². The number of epoxide rings is 1. The third kappa shape index (κ3) is 3.66. The van der Waals surface area contributed by atoms with Crippen LogP contribution >= 0.6 is 11.6 Å². The lowest BCUT2D eigenvalue weighted by atomic mass is 9.84. The van der Waals surface area contributed by atoms with Gasteiger partial charge in [0.2, 0.25) is 0 Å². The standard InChI is InChI=1S/C16H23ClN2O/c17-10-11-18-15-16(20-15)19-14-8-6-13(7-9-14)12-4-2-1-3-5-12/h6-9,12,15-16,18-19H,1-5,10-11H2. The normalized spacial score (nSPS) is 26.4. The summed E-state index contributed by atoms with van der Waals surface area (Å²) >= 11 is 5.63. The van der Waals surface area contributed by atoms with Gasteiger partial charge >= 0.3 is 0 Å². The van der Waals surface area contributed by atoms with Crippen molar-refractivity contribution >= 4 is 17.3 Å². The summed E-state index contributed by atoms with van der Waals surface area (Å²) < 4.78 is 5.49. The topological polar surface area (TPSA) is 36.6 Å². The fraction of sp³-hybridized carbons (Fsp3) is 0.625. The Morgan fingerprint density at radius 2 is 1.80 bits per heavy atom. The van der Waals surface area contributed by atoms with Crippen molar-refractivity contribution in [1.29, 1.82) is 0 Å². The molecule has 1 heterocycles. The van der Waals surface area contributed by atoms with Crippen LogP contribution in [0.15, 0.2) is 24.3 Å². The summed E-state index contributed by atoms with van der Waals surface area (Å²) in [6, 6.07) is 8.87. The molecule has 110 valence electrons. The van der Waals surface area contributed by atoms with Crippen molar-refractivity contribution in [1.82, 2.24) is 5.32 Å². The van der Waals surface area contributed by atoms with Crippen LogP contribution in [0.1, 0.15) is 43.6 Å². The first-order chi connectivity index (χ1) is 9.86. The summed E-state index contributed by atoms with van der Waals surface area (Å²) in [5.41, 5.74) is 2.62. The molecule has 2 fully saturated rings. The molecule has 0 amide bonds. The molecule has 2 N–H and O–H groups in total. The zero-order valence-electron chi connectivity index (χ0n) is 11.8. The smallest absolute Gasteiger partial charge is 0.170 e. The Morgan fingerprint density at radius 1 is 1.05 bits per heavy atom. The largest absolute Gasteiger partial charge is 0.357 e. The molecule has 0 bridgehead atoms. The molecule has 4 heteroatoms. The van der Waals surface area contributed by atoms with Gasteiger partial charge in [-0.2, -0.15) is 0 Å². The van der Waals surface area contributed by atoms with Gasteiger partial charge in [0.05, 0.1) is 0 Å². The summed E-state index contributed by atoms with van der Waals surface area (Å²) in [7, 11) is 0. The lowest BCUT2D eigenvalue weighted by Crippen LogP contribution is -2.24. The van der Waals surface area contributed by atoms with Gasteiger partial charge in [0.15, 0.2) is 12.5 Å². The minimum atomic E-state index is 0.0822. The van der Waals surface area contributed by atoms with Crippen LogP contribution in [0, 0.1) is 0 Å². The van der Waals surface area contributed by atoms with Crippen molar-refractivity contribution in [3.05, 3.63) is 29.8 Å². The third-order valence-electron chi connectivity index (χ3n) is 4.23. The van der Waals surface area contributed by atoms with Crippen LogP contribution in [0.2, 0.25) is 0 Å². The molecule has 1 aromatic carbocycles. The number of ether oxygens (including phenoxy) is 1. The van der Waals surface area contributed by atoms with E-state index in [9.17, 15) is 0 Å². The fourth-order valence-corrected chi connectivity index (χ4v) is 3.14. The minimum absolute atomic E-state index is 0.0822. The van der Waals surface area contributed by atoms with E-state index in [1.165, 1.54) is 37.7 Å². The quantitative estimate of drug-likeness (QED) is 0.621. The first kappa shape index (κ1) is 14.2. The van der Waals surface area contributed by atoms with Crippen LogP contribution in [0.3, 0.4) is 0 Å². The van der Waals surface area contributed by atoms with E-state index in [0.29, 0.717) is 5.88 Å². The van der Waals surface area contributed by atoms with E-state index in [4.69, 9.17) is 16.3 Å². The molecule has 3 rings (SSSR count). The molecule has 1 saturated carbocycles. The summed E-state index contributed by atoms with van der Waals surface area (Å²) in [5.74, 6) is 1.39. The molecule has 3 nitrogen and oxygen atoms in total. The molecule has 0 aromatic heterocycles. The highest BCUT2D eigenvalue weighted by molar-refractivity contribution is 6.18. The molecule has 0 radical (unpaired) electrons. The van der Waals surface area contributed by atoms with E-state index < -0.39 is 0 Å². The molecule has 2 unspecified atom stereocenters. The predicted octanol–water partition coefficient (Wildman–Crippen LogP) is 3.66. The zero-order chi connectivity index (χ0) is 13.8. The van der Waals surface area contributed by atoms with Crippen molar-refractivity contribution in [2.75, 3.05) is 17.7 Å². The van der Waals surface area contributed by atoms with E-state index in [0.717, 1.165) is 18.2 Å². The van der Waals surface area contributed by atoms with Gasteiger partial charge in [-0.15, -0.1) is 11.6 Å². The van der Waals surface area contributed by atoms with Crippen LogP contribution in [0.5, 0.6) is 0 Å². The monoisotopic (exact) mass is 294 g/mol. The van der Waals surface area contributed by atoms with Crippen molar-refractivity contribution in [3.8, 4) is 0 Å². The molecule has 2 atom stereocenters. The average Bonchev–Trinajstić information content (AvgIpc) is 3.25. The summed E-state index contributed by atoms with van der Waals surface area (Å²) in [5, 5.41) is 6.60. The number of halogens is 1. The number of nitrogens with one attached hydrogen (secondary N) is 2. The average molecular weight is 295 g/mol. The third-order valence-corrected chi connectivity index (χ3v) is 4.42. The number of alkyl halides is 1. The summed E-state index contributed by atoms with van der Waals surface area (Å²) in [6.07, 6.45) is 7.06. The highest BCUT2D eigenvalue weighted by Gasteiger charge is 2.38. The second-order valence-electron chi connectivity index (χ2n) is 5.72. The first-order valence-corrected chi connectivity index (χ1v) is 8.21. The highest BCUT2D eigenvalue weighted by Crippen LogP contribution is 2.33. The number of anilines is 1. The maximum absolute atomic E-state index is 5.63. The fourth-order valence-electron chi connectivity index (χ4n) is 3.03. The maximum atomic E-state index is 5.63. The van der Waals surface area contributed by atoms with E-state index in [-0.39, 0.29) is 12.5 Å². The maximum Gasteiger partial charge on any atom is 0.170 e. The van der Waals surface area contributed by atoms with Crippen LogP contribution in [0.25, 0.3) is 0 Å². The van der Waals surface area contributed by atoms with Crippen molar-refractivity contribution in [2.24, 2.45) is 0 Å². The minimum Gasteiger partial charge on any atom is -0.357 e. The van der Waals surface area contributed by atoms with Crippen LogP contribution in [-0.2, 0) is 4.74 Å². The zero-order valence-corrected chi connectivity index (χ0v) is 12.5. The molecule has 1 aliphatic heterocycles. The van der Waals surface area contributed by atoms with Crippen molar-refractivity contribution in [2.45, 2.75) is 50.5 Å². The molecule has 2 aliphatic rings. The highest BCUT2D eigenvalue weighted by atomic mass is 35.5. The Balaban J connectivity index is 1.49. The van der Waals surface area contributed by atoms with Gasteiger partial charge in [0, 0.05) is 18.1 Å². The van der Waals surface area contributed by atoms with Gasteiger partial charge in [-0.05, 0) is 36.5 Å². The van der Waals surface area contributed by atoms with Crippen LogP contribution in [-0.4, -0.2) is 24.9 Å². The Labute approximate surface area is 126 Å². The molecule has 0 spiro atoms. The van der Waals surface area contributed by atoms with E-state index in [1.807, 2.05) is 0 Å². The number of rotatable bonds is 6. The summed E-state index contributed by atoms with van der Waals surface area (Å²) in [4.78, 5) is 0. The van der Waals surface area contributed by atoms with Crippen LogP contribution < -0.4 is 10.6 Å². The Bertz CT molecular complexity index is 417. The number of hydrogen-bond donors (Lipinski definition) is 2. The van der Waals surface area contributed by atoms with Gasteiger partial charge in [-0.3, -0.25) is 5.32 Å². The number of benzene rings is 1. The second kappa shape index (κ2) is 6.79. The number of hydrogen-bond acceptors (Lipinski definition) is 3. The van der Waals surface area contributed by atoms with Gasteiger partial charge < -0.3 is 10.1 Å². The van der Waals surface area contributed by atoms with Crippen molar-refractivity contribution < 1.29 is 4.74 Å². The van der Waals surface area contributed by atoms with Crippen LogP contribution in [0.4, 0.5) is 5.69 Å². The van der Waals surface area contributed by atoms with E-state index in [2.05, 4.69) is 34.9 Å². The molecular formula is C16H23ClN2O. The lowest BCUT2D eigenvalue weighted by Gasteiger charge is -2.22. The molecule has 1 aliphatic carbocycles. The van der Waals surface area contributed by atoms with Crippen molar-refractivity contribution in [3.63, 3.8) is 0 Å². The molecular weight excluding hydrogens is 272 g/mol. The Kier molecular flexibility index (Phi) is 4.81.